The Balaban J connectivity index is 2.43. The number of esters is 4. The van der Waals surface area contributed by atoms with E-state index in [0.29, 0.717) is 12.8 Å². The van der Waals surface area contributed by atoms with Crippen molar-refractivity contribution < 1.29 is 42.9 Å². The maximum Gasteiger partial charge on any atom is 0.303 e. The third-order valence-electron chi connectivity index (χ3n) is 4.33. The fraction of sp³-hybridized carbons (Fsp3) is 0.667. The average Bonchev–Trinajstić information content (AvgIpc) is 3.00. The number of hydrogen-bond acceptors (Lipinski definition) is 9. The van der Waals surface area contributed by atoms with Crippen molar-refractivity contribution in [2.75, 3.05) is 6.61 Å². The van der Waals surface area contributed by atoms with Crippen molar-refractivity contribution in [3.63, 3.8) is 0 Å². The first-order valence-corrected chi connectivity index (χ1v) is 8.62. The Bertz CT molecular complexity index is 631. The zero-order valence-corrected chi connectivity index (χ0v) is 15.8. The molecule has 27 heavy (non-hydrogen) atoms. The Kier molecular flexibility index (Phi) is 6.59. The van der Waals surface area contributed by atoms with E-state index in [9.17, 15) is 19.2 Å². The van der Waals surface area contributed by atoms with Crippen LogP contribution in [0, 0.1) is 0 Å². The van der Waals surface area contributed by atoms with Gasteiger partial charge in [-0.1, -0.05) is 12.2 Å². The van der Waals surface area contributed by atoms with Crippen LogP contribution in [0.4, 0.5) is 0 Å². The summed E-state index contributed by atoms with van der Waals surface area (Å²) in [6.07, 6.45) is 0.400. The summed E-state index contributed by atoms with van der Waals surface area (Å²) < 4.78 is 27.3. The second-order valence-electron chi connectivity index (χ2n) is 6.58. The molecular formula is C18H24O9. The lowest BCUT2D eigenvalue weighted by molar-refractivity contribution is -0.283. The van der Waals surface area contributed by atoms with Gasteiger partial charge in [-0.15, -0.1) is 0 Å². The van der Waals surface area contributed by atoms with E-state index in [1.165, 1.54) is 27.7 Å². The molecule has 2 rings (SSSR count). The molecule has 4 atom stereocenters. The third-order valence-corrected chi connectivity index (χ3v) is 4.33. The smallest absolute Gasteiger partial charge is 0.303 e. The molecule has 0 N–H and O–H groups in total. The molecule has 0 unspecified atom stereocenters. The number of rotatable bonds is 5. The molecule has 1 saturated heterocycles. The van der Waals surface area contributed by atoms with Crippen LogP contribution >= 0.6 is 0 Å². The van der Waals surface area contributed by atoms with Gasteiger partial charge >= 0.3 is 23.9 Å². The molecule has 9 heteroatoms. The largest absolute Gasteiger partial charge is 0.463 e. The van der Waals surface area contributed by atoms with Crippen LogP contribution in [0.25, 0.3) is 0 Å². The van der Waals surface area contributed by atoms with Gasteiger partial charge in [0.15, 0.2) is 18.3 Å². The average molecular weight is 384 g/mol. The lowest BCUT2D eigenvalue weighted by atomic mass is 9.82. The molecule has 0 amide bonds. The molecule has 1 heterocycles. The first-order valence-electron chi connectivity index (χ1n) is 8.62. The summed E-state index contributed by atoms with van der Waals surface area (Å²) in [5, 5.41) is 0. The summed E-state index contributed by atoms with van der Waals surface area (Å²) in [5.41, 5.74) is -1.01. The van der Waals surface area contributed by atoms with E-state index in [1.54, 1.807) is 0 Å². The van der Waals surface area contributed by atoms with Crippen LogP contribution in [0.3, 0.4) is 0 Å². The van der Waals surface area contributed by atoms with Crippen molar-refractivity contribution in [1.29, 1.82) is 0 Å². The summed E-state index contributed by atoms with van der Waals surface area (Å²) in [4.78, 5) is 46.3. The van der Waals surface area contributed by atoms with Gasteiger partial charge in [-0.05, 0) is 12.8 Å². The van der Waals surface area contributed by atoms with Gasteiger partial charge < -0.3 is 23.7 Å². The summed E-state index contributed by atoms with van der Waals surface area (Å²) in [6.45, 7) is 4.65. The van der Waals surface area contributed by atoms with E-state index in [4.69, 9.17) is 23.7 Å². The van der Waals surface area contributed by atoms with Gasteiger partial charge in [0.05, 0.1) is 0 Å². The van der Waals surface area contributed by atoms with Gasteiger partial charge in [0, 0.05) is 27.7 Å². The minimum atomic E-state index is -1.11. The molecular weight excluding hydrogens is 360 g/mol. The molecule has 0 saturated carbocycles. The summed E-state index contributed by atoms with van der Waals surface area (Å²) in [5.74, 6) is -2.41. The standard InChI is InChI=1S/C18H24O9/c1-10(19)23-9-14-15(24-11(2)20)16(25-12(3)21)17(26-13(4)22)18(27-14)7-5-6-8-18/h5-6,14-17H,7-9H2,1-4H3/t14-,15-,16+,17-/m1/s1. The number of carbonyl (C=O) groups excluding carboxylic acids is 4. The molecule has 0 radical (unpaired) electrons. The molecule has 9 nitrogen and oxygen atoms in total. The van der Waals surface area contributed by atoms with E-state index in [-0.39, 0.29) is 6.61 Å². The first kappa shape index (κ1) is 20.9. The highest BCUT2D eigenvalue weighted by Crippen LogP contribution is 2.43. The van der Waals surface area contributed by atoms with Crippen LogP contribution in [0.15, 0.2) is 12.2 Å². The minimum Gasteiger partial charge on any atom is -0.463 e. The van der Waals surface area contributed by atoms with Crippen LogP contribution in [0.2, 0.25) is 0 Å². The summed E-state index contributed by atoms with van der Waals surface area (Å²) in [6, 6.07) is 0. The van der Waals surface area contributed by atoms with E-state index in [1.807, 2.05) is 12.2 Å². The Labute approximate surface area is 156 Å². The van der Waals surface area contributed by atoms with E-state index >= 15 is 0 Å². The lowest BCUT2D eigenvalue weighted by Crippen LogP contribution is -2.67. The fourth-order valence-corrected chi connectivity index (χ4v) is 3.43. The first-order chi connectivity index (χ1) is 12.6. The van der Waals surface area contributed by atoms with Crippen LogP contribution in [-0.2, 0) is 42.9 Å². The van der Waals surface area contributed by atoms with Crippen LogP contribution < -0.4 is 0 Å². The van der Waals surface area contributed by atoms with Crippen LogP contribution in [0.5, 0.6) is 0 Å². The highest BCUT2D eigenvalue weighted by atomic mass is 16.7. The summed E-state index contributed by atoms with van der Waals surface area (Å²) in [7, 11) is 0. The van der Waals surface area contributed by atoms with Crippen molar-refractivity contribution in [1.82, 2.24) is 0 Å². The van der Waals surface area contributed by atoms with Crippen LogP contribution in [-0.4, -0.2) is 60.5 Å². The van der Waals surface area contributed by atoms with Crippen molar-refractivity contribution in [2.24, 2.45) is 0 Å². The molecule has 0 aromatic rings. The number of hydrogen-bond donors (Lipinski definition) is 0. The monoisotopic (exact) mass is 384 g/mol. The second kappa shape index (κ2) is 8.51. The molecule has 0 aromatic heterocycles. The van der Waals surface area contributed by atoms with E-state index in [2.05, 4.69) is 0 Å². The Hall–Kier alpha value is -2.42. The van der Waals surface area contributed by atoms with Gasteiger partial charge in [-0.25, -0.2) is 0 Å². The Morgan fingerprint density at radius 3 is 1.85 bits per heavy atom. The zero-order valence-electron chi connectivity index (χ0n) is 15.8. The van der Waals surface area contributed by atoms with Crippen molar-refractivity contribution in [3.8, 4) is 0 Å². The van der Waals surface area contributed by atoms with Crippen molar-refractivity contribution in [3.05, 3.63) is 12.2 Å². The molecule has 1 fully saturated rings. The maximum atomic E-state index is 11.7. The highest BCUT2D eigenvalue weighted by Gasteiger charge is 2.59. The molecule has 1 aliphatic heterocycles. The van der Waals surface area contributed by atoms with Gasteiger partial charge in [0.2, 0.25) is 0 Å². The van der Waals surface area contributed by atoms with E-state index < -0.39 is 53.9 Å². The minimum absolute atomic E-state index is 0.209. The number of ether oxygens (including phenoxy) is 5. The van der Waals surface area contributed by atoms with Gasteiger partial charge in [-0.2, -0.15) is 0 Å². The zero-order chi connectivity index (χ0) is 20.2. The van der Waals surface area contributed by atoms with Gasteiger partial charge in [-0.3, -0.25) is 19.2 Å². The van der Waals surface area contributed by atoms with Crippen molar-refractivity contribution in [2.45, 2.75) is 70.6 Å². The Morgan fingerprint density at radius 2 is 1.37 bits per heavy atom. The fourth-order valence-electron chi connectivity index (χ4n) is 3.43. The topological polar surface area (TPSA) is 114 Å². The predicted octanol–water partition coefficient (Wildman–Crippen LogP) is 0.832. The summed E-state index contributed by atoms with van der Waals surface area (Å²) >= 11 is 0. The normalized spacial score (nSPS) is 28.4. The van der Waals surface area contributed by atoms with Gasteiger partial charge in [0.1, 0.15) is 18.3 Å². The molecule has 0 aromatic carbocycles. The molecule has 0 bridgehead atoms. The molecule has 150 valence electrons. The third kappa shape index (κ3) is 5.06. The van der Waals surface area contributed by atoms with E-state index in [0.717, 1.165) is 0 Å². The number of carbonyl (C=O) groups is 4. The SMILES string of the molecule is CC(=O)OC[C@H]1OC2(CC=CC2)[C@H](OC(C)=O)[C@@H](OC(C)=O)[C@@H]1OC(C)=O. The quantitative estimate of drug-likeness (QED) is 0.386. The van der Waals surface area contributed by atoms with Crippen LogP contribution in [0.1, 0.15) is 40.5 Å². The lowest BCUT2D eigenvalue weighted by Gasteiger charge is -2.50. The maximum absolute atomic E-state index is 11.7. The second-order valence-corrected chi connectivity index (χ2v) is 6.58. The highest BCUT2D eigenvalue weighted by molar-refractivity contribution is 5.69. The van der Waals surface area contributed by atoms with Crippen molar-refractivity contribution >= 4 is 23.9 Å². The molecule has 1 aliphatic carbocycles. The Morgan fingerprint density at radius 1 is 0.852 bits per heavy atom. The molecule has 2 aliphatic rings. The molecule has 1 spiro atoms. The van der Waals surface area contributed by atoms with Gasteiger partial charge in [0.25, 0.3) is 0 Å². The predicted molar refractivity (Wildman–Crippen MR) is 89.3 cm³/mol.